The van der Waals surface area contributed by atoms with Crippen LogP contribution in [0.2, 0.25) is 0 Å². The van der Waals surface area contributed by atoms with Gasteiger partial charge in [-0.15, -0.1) is 24.0 Å². The molecule has 0 amide bonds. The lowest BCUT2D eigenvalue weighted by Crippen LogP contribution is -2.53. The summed E-state index contributed by atoms with van der Waals surface area (Å²) in [5, 5.41) is 3.55. The van der Waals surface area contributed by atoms with Crippen LogP contribution in [0.4, 0.5) is 5.82 Å². The molecule has 146 valence electrons. The zero-order valence-electron chi connectivity index (χ0n) is 16.4. The zero-order valence-corrected chi connectivity index (χ0v) is 18.8. The lowest BCUT2D eigenvalue weighted by Gasteiger charge is -2.37. The Hall–Kier alpha value is -1.83. The van der Waals surface area contributed by atoms with Crippen LogP contribution in [0.5, 0.6) is 0 Å². The Morgan fingerprint density at radius 3 is 2.41 bits per heavy atom. The molecule has 1 aliphatic rings. The first-order valence-corrected chi connectivity index (χ1v) is 9.35. The summed E-state index contributed by atoms with van der Waals surface area (Å²) >= 11 is 0. The van der Waals surface area contributed by atoms with Gasteiger partial charge in [0.1, 0.15) is 5.82 Å². The van der Waals surface area contributed by atoms with Gasteiger partial charge in [0.05, 0.1) is 0 Å². The van der Waals surface area contributed by atoms with Crippen molar-refractivity contribution in [2.24, 2.45) is 4.99 Å². The van der Waals surface area contributed by atoms with Crippen molar-refractivity contribution < 1.29 is 0 Å². The minimum absolute atomic E-state index is 0. The second-order valence-corrected chi connectivity index (χ2v) is 6.90. The molecule has 5 nitrogen and oxygen atoms in total. The summed E-state index contributed by atoms with van der Waals surface area (Å²) in [7, 11) is 1.87. The molecule has 27 heavy (non-hydrogen) atoms. The number of pyridine rings is 1. The highest BCUT2D eigenvalue weighted by Gasteiger charge is 2.20. The molecule has 0 saturated carbocycles. The van der Waals surface area contributed by atoms with E-state index < -0.39 is 0 Å². The molecule has 3 rings (SSSR count). The van der Waals surface area contributed by atoms with Gasteiger partial charge in [0.2, 0.25) is 0 Å². The predicted molar refractivity (Wildman–Crippen MR) is 124 cm³/mol. The molecule has 1 N–H and O–H groups in total. The van der Waals surface area contributed by atoms with E-state index in [1.165, 1.54) is 11.1 Å². The summed E-state index contributed by atoms with van der Waals surface area (Å²) in [6.45, 7) is 9.10. The van der Waals surface area contributed by atoms with E-state index in [-0.39, 0.29) is 24.0 Å². The van der Waals surface area contributed by atoms with Crippen molar-refractivity contribution in [2.75, 3.05) is 44.7 Å². The highest BCUT2D eigenvalue weighted by molar-refractivity contribution is 14.0. The van der Waals surface area contributed by atoms with Crippen LogP contribution in [0, 0.1) is 6.92 Å². The number of benzene rings is 1. The molecule has 1 saturated heterocycles. The number of anilines is 1. The second kappa shape index (κ2) is 10.5. The lowest BCUT2D eigenvalue weighted by molar-refractivity contribution is 0.370. The van der Waals surface area contributed by atoms with Gasteiger partial charge in [-0.1, -0.05) is 42.8 Å². The van der Waals surface area contributed by atoms with Crippen LogP contribution >= 0.6 is 24.0 Å². The Morgan fingerprint density at radius 1 is 1.11 bits per heavy atom. The number of nitrogens with zero attached hydrogens (tertiary/aromatic N) is 4. The molecule has 0 bridgehead atoms. The van der Waals surface area contributed by atoms with Crippen molar-refractivity contribution in [2.45, 2.75) is 19.8 Å². The highest BCUT2D eigenvalue weighted by Crippen LogP contribution is 2.16. The number of aryl methyl sites for hydroxylation is 1. The Morgan fingerprint density at radius 2 is 1.81 bits per heavy atom. The molecule has 1 fully saturated rings. The molecule has 0 radical (unpaired) electrons. The van der Waals surface area contributed by atoms with Gasteiger partial charge in [-0.05, 0) is 30.5 Å². The number of nitrogens with one attached hydrogen (secondary N) is 1. The Balaban J connectivity index is 0.00000261. The number of hydrogen-bond acceptors (Lipinski definition) is 3. The van der Waals surface area contributed by atoms with E-state index >= 15 is 0 Å². The average Bonchev–Trinajstić information content (AvgIpc) is 2.70. The third kappa shape index (κ3) is 5.82. The van der Waals surface area contributed by atoms with Crippen molar-refractivity contribution in [3.05, 3.63) is 59.8 Å². The third-order valence-electron chi connectivity index (χ3n) is 4.98. The van der Waals surface area contributed by atoms with Gasteiger partial charge in [-0.25, -0.2) is 4.98 Å². The molecule has 2 heterocycles. The zero-order chi connectivity index (χ0) is 18.4. The van der Waals surface area contributed by atoms with Gasteiger partial charge >= 0.3 is 0 Å². The lowest BCUT2D eigenvalue weighted by atomic mass is 10.0. The van der Waals surface area contributed by atoms with Crippen molar-refractivity contribution in [1.29, 1.82) is 0 Å². The van der Waals surface area contributed by atoms with Crippen molar-refractivity contribution >= 4 is 35.8 Å². The van der Waals surface area contributed by atoms with Crippen LogP contribution in [-0.2, 0) is 0 Å². The quantitative estimate of drug-likeness (QED) is 0.414. The van der Waals surface area contributed by atoms with E-state index in [2.05, 4.69) is 69.3 Å². The minimum atomic E-state index is 0. The maximum Gasteiger partial charge on any atom is 0.193 e. The van der Waals surface area contributed by atoms with Gasteiger partial charge in [0.15, 0.2) is 5.96 Å². The Kier molecular flexibility index (Phi) is 8.34. The summed E-state index contributed by atoms with van der Waals surface area (Å²) in [6.07, 6.45) is 1.86. The van der Waals surface area contributed by atoms with Gasteiger partial charge in [-0.2, -0.15) is 0 Å². The van der Waals surface area contributed by atoms with Gasteiger partial charge in [0.25, 0.3) is 0 Å². The molecule has 2 aromatic rings. The summed E-state index contributed by atoms with van der Waals surface area (Å²) in [5.74, 6) is 2.50. The summed E-state index contributed by atoms with van der Waals surface area (Å²) in [6, 6.07) is 14.9. The molecule has 1 aromatic carbocycles. The molecule has 1 aliphatic heterocycles. The molecule has 0 spiro atoms. The number of rotatable bonds is 4. The molecular formula is C21H30IN5. The average molecular weight is 479 g/mol. The fourth-order valence-corrected chi connectivity index (χ4v) is 3.28. The first kappa shape index (κ1) is 21.5. The SMILES string of the molecule is CN=C(NCC(C)c1ccc(C)cc1)N1CCN(c2ccccn2)CC1.I. The Labute approximate surface area is 179 Å². The van der Waals surface area contributed by atoms with E-state index in [0.717, 1.165) is 44.5 Å². The first-order chi connectivity index (χ1) is 12.7. The summed E-state index contributed by atoms with van der Waals surface area (Å²) < 4.78 is 0. The molecule has 6 heteroatoms. The monoisotopic (exact) mass is 479 g/mol. The van der Waals surface area contributed by atoms with E-state index in [1.807, 2.05) is 25.4 Å². The molecule has 1 aromatic heterocycles. The van der Waals surface area contributed by atoms with Crippen LogP contribution < -0.4 is 10.2 Å². The fourth-order valence-electron chi connectivity index (χ4n) is 3.28. The van der Waals surface area contributed by atoms with Crippen LogP contribution in [0.15, 0.2) is 53.7 Å². The molecule has 1 atom stereocenters. The molecule has 1 unspecified atom stereocenters. The number of halogens is 1. The van der Waals surface area contributed by atoms with E-state index in [9.17, 15) is 0 Å². The van der Waals surface area contributed by atoms with Crippen LogP contribution in [-0.4, -0.2) is 55.6 Å². The molecule has 0 aliphatic carbocycles. The van der Waals surface area contributed by atoms with Crippen LogP contribution in [0.3, 0.4) is 0 Å². The number of aromatic nitrogens is 1. The standard InChI is InChI=1S/C21H29N5.HI/c1-17-7-9-19(10-8-17)18(2)16-24-21(22-3)26-14-12-25(13-15-26)20-6-4-5-11-23-20;/h4-11,18H,12-16H2,1-3H3,(H,22,24);1H. The Bertz CT molecular complexity index is 709. The van der Waals surface area contributed by atoms with Gasteiger partial charge in [0, 0.05) is 46.0 Å². The number of aliphatic imine (C=N–C) groups is 1. The first-order valence-electron chi connectivity index (χ1n) is 9.35. The number of piperazine rings is 1. The van der Waals surface area contributed by atoms with Crippen LogP contribution in [0.1, 0.15) is 24.0 Å². The second-order valence-electron chi connectivity index (χ2n) is 6.90. The van der Waals surface area contributed by atoms with Crippen molar-refractivity contribution in [3.63, 3.8) is 0 Å². The smallest absolute Gasteiger partial charge is 0.193 e. The topological polar surface area (TPSA) is 43.8 Å². The minimum Gasteiger partial charge on any atom is -0.356 e. The van der Waals surface area contributed by atoms with Crippen LogP contribution in [0.25, 0.3) is 0 Å². The predicted octanol–water partition coefficient (Wildman–Crippen LogP) is 3.51. The van der Waals surface area contributed by atoms with Crippen molar-refractivity contribution in [1.82, 2.24) is 15.2 Å². The normalized spacial score (nSPS) is 15.9. The maximum atomic E-state index is 4.49. The third-order valence-corrected chi connectivity index (χ3v) is 4.98. The van der Waals surface area contributed by atoms with E-state index in [1.54, 1.807) is 0 Å². The highest BCUT2D eigenvalue weighted by atomic mass is 127. The van der Waals surface area contributed by atoms with E-state index in [0.29, 0.717) is 5.92 Å². The van der Waals surface area contributed by atoms with Gasteiger partial charge < -0.3 is 15.1 Å². The summed E-state index contributed by atoms with van der Waals surface area (Å²) in [4.78, 5) is 13.6. The van der Waals surface area contributed by atoms with Gasteiger partial charge in [-0.3, -0.25) is 4.99 Å². The number of hydrogen-bond donors (Lipinski definition) is 1. The largest absolute Gasteiger partial charge is 0.356 e. The maximum absolute atomic E-state index is 4.49. The summed E-state index contributed by atoms with van der Waals surface area (Å²) in [5.41, 5.74) is 2.66. The number of guanidine groups is 1. The van der Waals surface area contributed by atoms with E-state index in [4.69, 9.17) is 0 Å². The van der Waals surface area contributed by atoms with Crippen molar-refractivity contribution in [3.8, 4) is 0 Å². The molecular weight excluding hydrogens is 449 g/mol. The fraction of sp³-hybridized carbons (Fsp3) is 0.429.